The normalized spacial score (nSPS) is 14.6. The van der Waals surface area contributed by atoms with Gasteiger partial charge in [0, 0.05) is 12.1 Å². The quantitative estimate of drug-likeness (QED) is 0.392. The molecule has 0 fully saturated rings. The Morgan fingerprint density at radius 3 is 1.56 bits per heavy atom. The second-order valence-corrected chi connectivity index (χ2v) is 7.77. The first-order valence-electron chi connectivity index (χ1n) is 9.46. The Hall–Kier alpha value is -3.26. The van der Waals surface area contributed by atoms with Crippen molar-refractivity contribution < 1.29 is 9.97 Å². The van der Waals surface area contributed by atoms with Gasteiger partial charge in [-0.05, 0) is 48.2 Å². The van der Waals surface area contributed by atoms with Crippen LogP contribution in [0.1, 0.15) is 33.4 Å². The summed E-state index contributed by atoms with van der Waals surface area (Å²) >= 11 is 0. The van der Waals surface area contributed by atoms with Gasteiger partial charge in [0.1, 0.15) is 0 Å². The van der Waals surface area contributed by atoms with Gasteiger partial charge in [0.05, 0.1) is 16.5 Å². The molecule has 1 spiro atoms. The predicted octanol–water partition coefficient (Wildman–Crippen LogP) is 4.28. The summed E-state index contributed by atoms with van der Waals surface area (Å²) in [6, 6.07) is 22.6. The molecule has 0 unspecified atom stereocenters. The summed E-state index contributed by atoms with van der Waals surface area (Å²) < 4.78 is 0. The van der Waals surface area contributed by atoms with E-state index in [4.69, 9.17) is 0 Å². The van der Waals surface area contributed by atoms with Crippen molar-refractivity contribution in [1.82, 2.24) is 0 Å². The van der Waals surface area contributed by atoms with Gasteiger partial charge in [0.15, 0.2) is 12.4 Å². The molecule has 2 N–H and O–H groups in total. The smallest absolute Gasteiger partial charge is 0.206 e. The number of pyridine rings is 2. The van der Waals surface area contributed by atoms with Crippen molar-refractivity contribution in [3.63, 3.8) is 0 Å². The molecule has 0 radical (unpaired) electrons. The molecule has 27 heavy (non-hydrogen) atoms. The van der Waals surface area contributed by atoms with Crippen LogP contribution >= 0.6 is 0 Å². The lowest BCUT2D eigenvalue weighted by molar-refractivity contribution is -0.401. The van der Waals surface area contributed by atoms with Gasteiger partial charge in [-0.2, -0.15) is 0 Å². The molecule has 6 rings (SSSR count). The van der Waals surface area contributed by atoms with Crippen LogP contribution in [-0.2, 0) is 5.41 Å². The van der Waals surface area contributed by atoms with E-state index in [1.165, 1.54) is 55.9 Å². The Morgan fingerprint density at radius 1 is 0.593 bits per heavy atom. The summed E-state index contributed by atoms with van der Waals surface area (Å²) in [5, 5.41) is 0. The number of rotatable bonds is 0. The maximum Gasteiger partial charge on any atom is 0.280 e. The first-order valence-corrected chi connectivity index (χ1v) is 9.46. The van der Waals surface area contributed by atoms with Crippen LogP contribution in [0.4, 0.5) is 0 Å². The van der Waals surface area contributed by atoms with E-state index in [-0.39, 0.29) is 5.41 Å². The molecule has 4 aromatic rings. The third kappa shape index (κ3) is 1.66. The maximum atomic E-state index is 3.52. The molecular weight excluding hydrogens is 328 g/mol. The molecule has 2 nitrogen and oxygen atoms in total. The minimum atomic E-state index is -0.261. The maximum absolute atomic E-state index is 3.52. The van der Waals surface area contributed by atoms with Crippen LogP contribution in [0, 0.1) is 13.8 Å². The number of hydrogen-bond acceptors (Lipinski definition) is 0. The summed E-state index contributed by atoms with van der Waals surface area (Å²) in [6.45, 7) is 4.38. The summed E-state index contributed by atoms with van der Waals surface area (Å²) in [4.78, 5) is 7.03. The van der Waals surface area contributed by atoms with Gasteiger partial charge in [0.2, 0.25) is 0 Å². The average Bonchev–Trinajstić information content (AvgIpc) is 3.14. The number of aromatic amines is 2. The topological polar surface area (TPSA) is 28.3 Å². The Bertz CT molecular complexity index is 1150. The van der Waals surface area contributed by atoms with Crippen LogP contribution in [0.25, 0.3) is 22.5 Å². The number of hydrogen-bond donors (Lipinski definition) is 0. The van der Waals surface area contributed by atoms with Crippen LogP contribution in [0.3, 0.4) is 0 Å². The lowest BCUT2D eigenvalue weighted by Crippen LogP contribution is -2.27. The van der Waals surface area contributed by atoms with Gasteiger partial charge in [0.25, 0.3) is 11.4 Å². The van der Waals surface area contributed by atoms with Crippen molar-refractivity contribution >= 4 is 0 Å². The molecule has 2 heterocycles. The summed E-state index contributed by atoms with van der Waals surface area (Å²) in [5.74, 6) is 0. The number of aromatic nitrogens is 2. The molecule has 0 aliphatic heterocycles. The second kappa shape index (κ2) is 4.92. The van der Waals surface area contributed by atoms with Crippen molar-refractivity contribution in [3.05, 3.63) is 106 Å². The van der Waals surface area contributed by atoms with Gasteiger partial charge in [-0.1, -0.05) is 47.5 Å². The van der Waals surface area contributed by atoms with E-state index < -0.39 is 0 Å². The van der Waals surface area contributed by atoms with E-state index in [1.807, 2.05) is 12.4 Å². The monoisotopic (exact) mass is 348 g/mol. The number of fused-ring (bicyclic) bond motifs is 10. The Balaban J connectivity index is 1.88. The molecular formula is C25H20N2+2. The number of nitrogens with one attached hydrogen (secondary N) is 2. The Labute approximate surface area is 158 Å². The molecule has 2 aromatic carbocycles. The first kappa shape index (κ1) is 14.9. The first-order chi connectivity index (χ1) is 13.2. The molecule has 0 saturated carbocycles. The molecule has 2 aromatic heterocycles. The fourth-order valence-corrected chi connectivity index (χ4v) is 5.19. The van der Waals surface area contributed by atoms with E-state index in [1.54, 1.807) is 0 Å². The van der Waals surface area contributed by atoms with Crippen molar-refractivity contribution in [1.29, 1.82) is 0 Å². The molecule has 128 valence electrons. The van der Waals surface area contributed by atoms with Crippen molar-refractivity contribution in [3.8, 4) is 22.5 Å². The van der Waals surface area contributed by atoms with Gasteiger partial charge in [-0.25, -0.2) is 9.97 Å². The van der Waals surface area contributed by atoms with E-state index >= 15 is 0 Å². The van der Waals surface area contributed by atoms with Crippen molar-refractivity contribution in [2.24, 2.45) is 0 Å². The molecule has 0 bridgehead atoms. The van der Waals surface area contributed by atoms with Gasteiger partial charge in [-0.15, -0.1) is 0 Å². The van der Waals surface area contributed by atoms with Gasteiger partial charge in [-0.3, -0.25) is 0 Å². The third-order valence-corrected chi connectivity index (χ3v) is 6.22. The highest BCUT2D eigenvalue weighted by Gasteiger charge is 2.56. The van der Waals surface area contributed by atoms with Crippen LogP contribution in [0.2, 0.25) is 0 Å². The Kier molecular flexibility index (Phi) is 2.71. The summed E-state index contributed by atoms with van der Waals surface area (Å²) in [6.07, 6.45) is 4.04. The van der Waals surface area contributed by atoms with Crippen LogP contribution in [0.15, 0.2) is 73.1 Å². The second-order valence-electron chi connectivity index (χ2n) is 7.77. The van der Waals surface area contributed by atoms with Crippen LogP contribution in [-0.4, -0.2) is 0 Å². The fourth-order valence-electron chi connectivity index (χ4n) is 5.19. The van der Waals surface area contributed by atoms with E-state index in [2.05, 4.69) is 84.5 Å². The zero-order valence-corrected chi connectivity index (χ0v) is 15.4. The van der Waals surface area contributed by atoms with Crippen molar-refractivity contribution in [2.75, 3.05) is 0 Å². The average molecular weight is 348 g/mol. The Morgan fingerprint density at radius 2 is 1.07 bits per heavy atom. The summed E-state index contributed by atoms with van der Waals surface area (Å²) in [7, 11) is 0. The zero-order chi connectivity index (χ0) is 18.2. The van der Waals surface area contributed by atoms with Crippen LogP contribution in [0.5, 0.6) is 0 Å². The SMILES string of the molecule is Cc1ccc2c(c1)C1(c3cc(C)ccc3-2)c2ccc[nH+]c2-c2[nH+]cccc21. The lowest BCUT2D eigenvalue weighted by atomic mass is 9.70. The number of aryl methyl sites for hydroxylation is 2. The van der Waals surface area contributed by atoms with E-state index in [0.717, 1.165) is 0 Å². The molecule has 2 aliphatic carbocycles. The van der Waals surface area contributed by atoms with E-state index in [0.29, 0.717) is 0 Å². The fraction of sp³-hybridized carbons (Fsp3) is 0.120. The minimum absolute atomic E-state index is 0.261. The third-order valence-electron chi connectivity index (χ3n) is 6.22. The van der Waals surface area contributed by atoms with Gasteiger partial charge >= 0.3 is 0 Å². The van der Waals surface area contributed by atoms with Gasteiger partial charge < -0.3 is 0 Å². The standard InChI is InChI=1S/C25H18N2/c1-15-7-9-17-18-10-8-16(2)14-22(18)25(21(17)13-15)19-5-3-11-26-23(19)24-20(25)6-4-12-27-24/h3-14H,1-2H3/p+2. The summed E-state index contributed by atoms with van der Waals surface area (Å²) in [5.41, 5.74) is 12.9. The largest absolute Gasteiger partial charge is 0.280 e. The molecule has 2 heteroatoms. The zero-order valence-electron chi connectivity index (χ0n) is 15.4. The van der Waals surface area contributed by atoms with E-state index in [9.17, 15) is 0 Å². The lowest BCUT2D eigenvalue weighted by Gasteiger charge is -2.28. The molecule has 0 saturated heterocycles. The molecule has 2 aliphatic rings. The predicted molar refractivity (Wildman–Crippen MR) is 105 cm³/mol. The minimum Gasteiger partial charge on any atom is -0.206 e. The highest BCUT2D eigenvalue weighted by atomic mass is 14.8. The number of benzene rings is 2. The van der Waals surface area contributed by atoms with Crippen molar-refractivity contribution in [2.45, 2.75) is 19.3 Å². The molecule has 0 amide bonds. The number of H-pyrrole nitrogens is 2. The van der Waals surface area contributed by atoms with Crippen LogP contribution < -0.4 is 9.97 Å². The highest BCUT2D eigenvalue weighted by Crippen LogP contribution is 2.61. The highest BCUT2D eigenvalue weighted by molar-refractivity contribution is 5.91. The molecule has 0 atom stereocenters.